The molecule has 0 amide bonds. The van der Waals surface area contributed by atoms with Crippen LogP contribution >= 0.6 is 0 Å². The van der Waals surface area contributed by atoms with Crippen LogP contribution in [-0.2, 0) is 0 Å². The van der Waals surface area contributed by atoms with Crippen LogP contribution in [0, 0.1) is 0 Å². The van der Waals surface area contributed by atoms with Crippen molar-refractivity contribution in [3.8, 4) is 0 Å². The van der Waals surface area contributed by atoms with Crippen LogP contribution < -0.4 is 10.6 Å². The van der Waals surface area contributed by atoms with E-state index in [2.05, 4.69) is 13.2 Å². The first-order valence-corrected chi connectivity index (χ1v) is 5.77. The number of para-hydroxylation sites is 1. The maximum atomic E-state index is 5.61. The lowest BCUT2D eigenvalue weighted by molar-refractivity contribution is 0.571. The Morgan fingerprint density at radius 3 is 2.18 bits per heavy atom. The van der Waals surface area contributed by atoms with Crippen molar-refractivity contribution in [2.75, 3.05) is 0 Å². The minimum Gasteiger partial charge on any atom is -0.457 e. The number of hydrogen-bond acceptors (Lipinski definition) is 1. The molecule has 0 N–H and O–H groups in total. The molecular formula is C16H18O. The molecule has 0 atom stereocenters. The summed E-state index contributed by atoms with van der Waals surface area (Å²) in [7, 11) is 0. The van der Waals surface area contributed by atoms with E-state index in [4.69, 9.17) is 4.42 Å². The molecule has 2 aromatic rings. The van der Waals surface area contributed by atoms with Gasteiger partial charge in [-0.1, -0.05) is 63.4 Å². The maximum absolute atomic E-state index is 5.61. The maximum Gasteiger partial charge on any atom is 0.135 e. The zero-order valence-corrected chi connectivity index (χ0v) is 10.4. The second-order valence-corrected chi connectivity index (χ2v) is 3.31. The zero-order chi connectivity index (χ0) is 12.7. The number of benzene rings is 1. The third-order valence-electron chi connectivity index (χ3n) is 2.16. The summed E-state index contributed by atoms with van der Waals surface area (Å²) in [6, 6.07) is 15.4. The molecule has 1 heterocycles. The summed E-state index contributed by atoms with van der Waals surface area (Å²) in [6.07, 6.45) is 0. The summed E-state index contributed by atoms with van der Waals surface area (Å²) in [5.74, 6) is 0. The van der Waals surface area contributed by atoms with Crippen LogP contribution in [-0.4, -0.2) is 0 Å². The predicted molar refractivity (Wildman–Crippen MR) is 75.5 cm³/mol. The molecule has 1 nitrogen and oxygen atoms in total. The molecule has 0 unspecified atom stereocenters. The summed E-state index contributed by atoms with van der Waals surface area (Å²) in [5.41, 5.74) is 1.42. The fourth-order valence-electron chi connectivity index (χ4n) is 1.42. The first-order chi connectivity index (χ1) is 8.27. The van der Waals surface area contributed by atoms with Gasteiger partial charge in [-0.25, -0.2) is 0 Å². The highest BCUT2D eigenvalue weighted by molar-refractivity contribution is 5.76. The molecule has 0 spiro atoms. The van der Waals surface area contributed by atoms with E-state index in [0.29, 0.717) is 5.42 Å². The van der Waals surface area contributed by atoms with E-state index in [0.717, 1.165) is 16.2 Å². The largest absolute Gasteiger partial charge is 0.457 e. The fourth-order valence-corrected chi connectivity index (χ4v) is 1.42. The molecule has 88 valence electrons. The second kappa shape index (κ2) is 6.54. The third-order valence-corrected chi connectivity index (χ3v) is 2.16. The lowest BCUT2D eigenvalue weighted by Crippen LogP contribution is -1.95. The van der Waals surface area contributed by atoms with Crippen molar-refractivity contribution in [2.45, 2.75) is 13.8 Å². The van der Waals surface area contributed by atoms with Gasteiger partial charge >= 0.3 is 0 Å². The van der Waals surface area contributed by atoms with Crippen molar-refractivity contribution in [3.63, 3.8) is 0 Å². The van der Waals surface area contributed by atoms with E-state index < -0.39 is 0 Å². The lowest BCUT2D eigenvalue weighted by Gasteiger charge is -1.91. The second-order valence-electron chi connectivity index (χ2n) is 3.31. The highest BCUT2D eigenvalue weighted by Crippen LogP contribution is 2.04. The molecule has 17 heavy (non-hydrogen) atoms. The van der Waals surface area contributed by atoms with Gasteiger partial charge in [0.15, 0.2) is 0 Å². The van der Waals surface area contributed by atoms with E-state index in [1.54, 1.807) is 0 Å². The Bertz CT molecular complexity index is 621. The van der Waals surface area contributed by atoms with Gasteiger partial charge in [-0.2, -0.15) is 0 Å². The lowest BCUT2D eigenvalue weighted by atomic mass is 10.2. The molecule has 0 saturated heterocycles. The standard InChI is InChI=1S/C14H12O.C2H6/c1-11-7-3-4-8-12(2)15-14-10-6-5-9-13(11)14;1-2/h3-10H,1-2H2;1-2H3. The molecule has 0 aliphatic heterocycles. The number of hydrogen-bond donors (Lipinski definition) is 0. The van der Waals surface area contributed by atoms with E-state index >= 15 is 0 Å². The highest BCUT2D eigenvalue weighted by atomic mass is 16.3. The summed E-state index contributed by atoms with van der Waals surface area (Å²) >= 11 is 0. The molecule has 0 radical (unpaired) electrons. The SMILES string of the molecule is C=c1ccccc(=C)c2ccccc2o1.CC. The first-order valence-electron chi connectivity index (χ1n) is 5.77. The zero-order valence-electron chi connectivity index (χ0n) is 10.4. The van der Waals surface area contributed by atoms with Gasteiger partial charge in [0.1, 0.15) is 11.0 Å². The van der Waals surface area contributed by atoms with Crippen LogP contribution in [0.2, 0.25) is 0 Å². The summed E-state index contributed by atoms with van der Waals surface area (Å²) in [5, 5.41) is 1.93. The van der Waals surface area contributed by atoms with Crippen molar-refractivity contribution < 1.29 is 4.42 Å². The normalized spacial score (nSPS) is 9.06. The molecule has 0 saturated carbocycles. The van der Waals surface area contributed by atoms with Gasteiger partial charge < -0.3 is 4.42 Å². The highest BCUT2D eigenvalue weighted by Gasteiger charge is 1.89. The van der Waals surface area contributed by atoms with Crippen LogP contribution in [0.4, 0.5) is 0 Å². The van der Waals surface area contributed by atoms with E-state index in [-0.39, 0.29) is 0 Å². The molecule has 1 heteroatoms. The topological polar surface area (TPSA) is 13.1 Å². The third kappa shape index (κ3) is 3.49. The average Bonchev–Trinajstić information content (AvgIpc) is 2.43. The van der Waals surface area contributed by atoms with Crippen LogP contribution in [0.3, 0.4) is 0 Å². The monoisotopic (exact) mass is 226 g/mol. The number of fused-ring (bicyclic) bond motifs is 1. The van der Waals surface area contributed by atoms with Crippen LogP contribution in [0.5, 0.6) is 0 Å². The van der Waals surface area contributed by atoms with Gasteiger partial charge in [-0.05, 0) is 17.4 Å². The van der Waals surface area contributed by atoms with Gasteiger partial charge in [0, 0.05) is 5.39 Å². The Morgan fingerprint density at radius 1 is 0.824 bits per heavy atom. The van der Waals surface area contributed by atoms with E-state index in [1.165, 1.54) is 0 Å². The van der Waals surface area contributed by atoms with Crippen LogP contribution in [0.25, 0.3) is 24.1 Å². The Labute approximate surface area is 102 Å². The molecule has 1 aromatic heterocycles. The Morgan fingerprint density at radius 2 is 1.41 bits per heavy atom. The summed E-state index contributed by atoms with van der Waals surface area (Å²) in [6.45, 7) is 11.8. The van der Waals surface area contributed by atoms with Gasteiger partial charge in [-0.15, -0.1) is 0 Å². The minimum atomic E-state index is 0.627. The molecule has 0 aliphatic carbocycles. The smallest absolute Gasteiger partial charge is 0.135 e. The quantitative estimate of drug-likeness (QED) is 0.671. The van der Waals surface area contributed by atoms with Gasteiger partial charge in [-0.3, -0.25) is 0 Å². The minimum absolute atomic E-state index is 0.627. The summed E-state index contributed by atoms with van der Waals surface area (Å²) in [4.78, 5) is 0. The van der Waals surface area contributed by atoms with Crippen LogP contribution in [0.15, 0.2) is 52.9 Å². The molecule has 0 bridgehead atoms. The summed E-state index contributed by atoms with van der Waals surface area (Å²) < 4.78 is 5.61. The number of rotatable bonds is 0. The van der Waals surface area contributed by atoms with Gasteiger partial charge in [0.25, 0.3) is 0 Å². The van der Waals surface area contributed by atoms with E-state index in [1.807, 2.05) is 62.4 Å². The van der Waals surface area contributed by atoms with Crippen LogP contribution in [0.1, 0.15) is 13.8 Å². The molecule has 1 aromatic carbocycles. The van der Waals surface area contributed by atoms with Crippen molar-refractivity contribution in [2.24, 2.45) is 0 Å². The Balaban J connectivity index is 0.000000686. The molecule has 0 aliphatic rings. The van der Waals surface area contributed by atoms with Crippen molar-refractivity contribution in [1.29, 1.82) is 0 Å². The molecule has 0 fully saturated rings. The van der Waals surface area contributed by atoms with Crippen molar-refractivity contribution in [1.82, 2.24) is 0 Å². The van der Waals surface area contributed by atoms with Gasteiger partial charge in [0.05, 0.1) is 0 Å². The first kappa shape index (κ1) is 13.0. The van der Waals surface area contributed by atoms with Gasteiger partial charge in [0.2, 0.25) is 0 Å². The molecule has 2 rings (SSSR count). The Kier molecular flexibility index (Phi) is 5.02. The van der Waals surface area contributed by atoms with Crippen molar-refractivity contribution >= 4 is 24.1 Å². The predicted octanol–water partition coefficient (Wildman–Crippen LogP) is 3.40. The molecular weight excluding hydrogens is 208 g/mol. The fraction of sp³-hybridized carbons (Fsp3) is 0.125. The van der Waals surface area contributed by atoms with Crippen molar-refractivity contribution in [3.05, 3.63) is 59.2 Å². The Hall–Kier alpha value is -2.02. The van der Waals surface area contributed by atoms with E-state index in [9.17, 15) is 0 Å². The average molecular weight is 226 g/mol.